The zero-order valence-corrected chi connectivity index (χ0v) is 15.2. The topological polar surface area (TPSA) is 58.6 Å². The molecule has 5 nitrogen and oxygen atoms in total. The number of imide groups is 1. The molecule has 26 heavy (non-hydrogen) atoms. The van der Waals surface area contributed by atoms with E-state index in [0.717, 1.165) is 24.2 Å². The Hall–Kier alpha value is -2.66. The molecule has 2 aromatic rings. The van der Waals surface area contributed by atoms with Crippen molar-refractivity contribution in [2.75, 3.05) is 18.6 Å². The summed E-state index contributed by atoms with van der Waals surface area (Å²) >= 11 is 0. The molecule has 0 aliphatic carbocycles. The molecule has 0 unspecified atom stereocenters. The summed E-state index contributed by atoms with van der Waals surface area (Å²) in [6.45, 7) is 2.71. The molecule has 1 atom stereocenters. The first kappa shape index (κ1) is 18.1. The summed E-state index contributed by atoms with van der Waals surface area (Å²) in [7, 11) is 1.64. The summed E-state index contributed by atoms with van der Waals surface area (Å²) in [5, 5.41) is 3.22. The van der Waals surface area contributed by atoms with Crippen molar-refractivity contribution >= 4 is 17.5 Å². The largest absolute Gasteiger partial charge is 0.497 e. The molecule has 1 heterocycles. The molecule has 0 radical (unpaired) electrons. The number of benzene rings is 2. The van der Waals surface area contributed by atoms with Gasteiger partial charge < -0.3 is 10.1 Å². The normalized spacial score (nSPS) is 17.0. The van der Waals surface area contributed by atoms with Crippen LogP contribution in [0.15, 0.2) is 48.5 Å². The lowest BCUT2D eigenvalue weighted by molar-refractivity contribution is -0.121. The molecule has 1 saturated heterocycles. The molecule has 2 amide bonds. The van der Waals surface area contributed by atoms with Crippen molar-refractivity contribution in [3.05, 3.63) is 59.7 Å². The molecule has 136 valence electrons. The number of nitrogens with zero attached hydrogens (tertiary/aromatic N) is 1. The minimum atomic E-state index is -0.452. The Morgan fingerprint density at radius 3 is 2.31 bits per heavy atom. The van der Waals surface area contributed by atoms with E-state index in [-0.39, 0.29) is 18.2 Å². The van der Waals surface area contributed by atoms with Gasteiger partial charge in [-0.1, -0.05) is 31.2 Å². The Bertz CT molecular complexity index is 769. The van der Waals surface area contributed by atoms with Crippen LogP contribution in [-0.2, 0) is 22.4 Å². The van der Waals surface area contributed by atoms with E-state index in [4.69, 9.17) is 4.74 Å². The number of aryl methyl sites for hydroxylation is 1. The van der Waals surface area contributed by atoms with Crippen molar-refractivity contribution in [3.8, 4) is 5.75 Å². The highest BCUT2D eigenvalue weighted by atomic mass is 16.5. The molecule has 1 N–H and O–H groups in total. The van der Waals surface area contributed by atoms with E-state index in [1.54, 1.807) is 7.11 Å². The number of rotatable bonds is 7. The van der Waals surface area contributed by atoms with Crippen molar-refractivity contribution in [1.29, 1.82) is 0 Å². The number of hydrogen-bond donors (Lipinski definition) is 1. The SMILES string of the molecule is CCc1ccc(N2C(=O)C[C@@H](NCCc3ccc(OC)cc3)C2=O)cc1. The van der Waals surface area contributed by atoms with Crippen LogP contribution in [0.4, 0.5) is 5.69 Å². The summed E-state index contributed by atoms with van der Waals surface area (Å²) in [5.41, 5.74) is 2.99. The molecule has 2 aromatic carbocycles. The van der Waals surface area contributed by atoms with Gasteiger partial charge in [-0.3, -0.25) is 9.59 Å². The second-order valence-corrected chi connectivity index (χ2v) is 6.40. The fourth-order valence-electron chi connectivity index (χ4n) is 3.13. The summed E-state index contributed by atoms with van der Waals surface area (Å²) in [6.07, 6.45) is 1.92. The van der Waals surface area contributed by atoms with E-state index < -0.39 is 6.04 Å². The van der Waals surface area contributed by atoms with Crippen LogP contribution in [0, 0.1) is 0 Å². The van der Waals surface area contributed by atoms with Gasteiger partial charge in [0.05, 0.1) is 25.3 Å². The summed E-state index contributed by atoms with van der Waals surface area (Å²) in [5.74, 6) is 0.498. The minimum Gasteiger partial charge on any atom is -0.497 e. The highest BCUT2D eigenvalue weighted by molar-refractivity contribution is 6.22. The Morgan fingerprint density at radius 1 is 1.04 bits per heavy atom. The van der Waals surface area contributed by atoms with Crippen LogP contribution in [0.1, 0.15) is 24.5 Å². The fraction of sp³-hybridized carbons (Fsp3) is 0.333. The standard InChI is InChI=1S/C21H24N2O3/c1-3-15-4-8-17(9-5-15)23-20(24)14-19(21(23)25)22-13-12-16-6-10-18(26-2)11-7-16/h4-11,19,22H,3,12-14H2,1-2H3/t19-/m1/s1. The van der Waals surface area contributed by atoms with Crippen LogP contribution < -0.4 is 15.0 Å². The molecule has 0 aromatic heterocycles. The van der Waals surface area contributed by atoms with Gasteiger partial charge in [-0.15, -0.1) is 0 Å². The van der Waals surface area contributed by atoms with Gasteiger partial charge in [-0.05, 0) is 54.8 Å². The van der Waals surface area contributed by atoms with Gasteiger partial charge in [0.2, 0.25) is 5.91 Å². The van der Waals surface area contributed by atoms with Crippen molar-refractivity contribution in [3.63, 3.8) is 0 Å². The van der Waals surface area contributed by atoms with Crippen molar-refractivity contribution in [2.45, 2.75) is 32.2 Å². The second-order valence-electron chi connectivity index (χ2n) is 6.40. The molecule has 3 rings (SSSR count). The highest BCUT2D eigenvalue weighted by Crippen LogP contribution is 2.23. The molecular weight excluding hydrogens is 328 g/mol. The summed E-state index contributed by atoms with van der Waals surface area (Å²) in [6, 6.07) is 15.0. The first-order valence-corrected chi connectivity index (χ1v) is 8.94. The number of amides is 2. The fourth-order valence-corrected chi connectivity index (χ4v) is 3.13. The van der Waals surface area contributed by atoms with Gasteiger partial charge in [0, 0.05) is 0 Å². The smallest absolute Gasteiger partial charge is 0.251 e. The maximum Gasteiger partial charge on any atom is 0.251 e. The molecule has 0 saturated carbocycles. The Balaban J connectivity index is 1.57. The third-order valence-corrected chi connectivity index (χ3v) is 4.71. The van der Waals surface area contributed by atoms with Gasteiger partial charge in [0.1, 0.15) is 5.75 Å². The Morgan fingerprint density at radius 2 is 1.69 bits per heavy atom. The molecule has 1 aliphatic rings. The lowest BCUT2D eigenvalue weighted by Crippen LogP contribution is -2.39. The van der Waals surface area contributed by atoms with Gasteiger partial charge >= 0.3 is 0 Å². The predicted octanol–water partition coefficient (Wildman–Crippen LogP) is 2.72. The first-order chi connectivity index (χ1) is 12.6. The molecule has 1 fully saturated rings. The maximum absolute atomic E-state index is 12.6. The third-order valence-electron chi connectivity index (χ3n) is 4.71. The number of hydrogen-bond acceptors (Lipinski definition) is 4. The van der Waals surface area contributed by atoms with Gasteiger partial charge in [-0.25, -0.2) is 4.90 Å². The first-order valence-electron chi connectivity index (χ1n) is 8.94. The number of anilines is 1. The van der Waals surface area contributed by atoms with Crippen LogP contribution in [-0.4, -0.2) is 31.5 Å². The number of carbonyl (C=O) groups excluding carboxylic acids is 2. The summed E-state index contributed by atoms with van der Waals surface area (Å²) in [4.78, 5) is 26.2. The Kier molecular flexibility index (Phi) is 5.68. The van der Waals surface area contributed by atoms with E-state index in [2.05, 4.69) is 12.2 Å². The van der Waals surface area contributed by atoms with Crippen LogP contribution in [0.3, 0.4) is 0 Å². The van der Waals surface area contributed by atoms with E-state index in [1.165, 1.54) is 10.5 Å². The average molecular weight is 352 g/mol. The van der Waals surface area contributed by atoms with E-state index in [1.807, 2.05) is 48.5 Å². The number of nitrogens with one attached hydrogen (secondary N) is 1. The molecule has 5 heteroatoms. The molecular formula is C21H24N2O3. The quantitative estimate of drug-likeness (QED) is 0.779. The number of ether oxygens (including phenoxy) is 1. The monoisotopic (exact) mass is 352 g/mol. The van der Waals surface area contributed by atoms with Crippen LogP contribution in [0.2, 0.25) is 0 Å². The second kappa shape index (κ2) is 8.15. The predicted molar refractivity (Wildman–Crippen MR) is 101 cm³/mol. The minimum absolute atomic E-state index is 0.152. The number of methoxy groups -OCH3 is 1. The van der Waals surface area contributed by atoms with Crippen molar-refractivity contribution < 1.29 is 14.3 Å². The van der Waals surface area contributed by atoms with E-state index in [0.29, 0.717) is 12.2 Å². The Labute approximate surface area is 154 Å². The molecule has 0 spiro atoms. The van der Waals surface area contributed by atoms with Crippen molar-refractivity contribution in [1.82, 2.24) is 5.32 Å². The van der Waals surface area contributed by atoms with E-state index >= 15 is 0 Å². The zero-order chi connectivity index (χ0) is 18.5. The van der Waals surface area contributed by atoms with Gasteiger partial charge in [-0.2, -0.15) is 0 Å². The van der Waals surface area contributed by atoms with Crippen LogP contribution >= 0.6 is 0 Å². The highest BCUT2D eigenvalue weighted by Gasteiger charge is 2.39. The lowest BCUT2D eigenvalue weighted by atomic mass is 10.1. The van der Waals surface area contributed by atoms with E-state index in [9.17, 15) is 9.59 Å². The van der Waals surface area contributed by atoms with Crippen molar-refractivity contribution in [2.24, 2.45) is 0 Å². The summed E-state index contributed by atoms with van der Waals surface area (Å²) < 4.78 is 5.15. The molecule has 0 bridgehead atoms. The van der Waals surface area contributed by atoms with Crippen LogP contribution in [0.5, 0.6) is 5.75 Å². The van der Waals surface area contributed by atoms with Gasteiger partial charge in [0.15, 0.2) is 0 Å². The van der Waals surface area contributed by atoms with Gasteiger partial charge in [0.25, 0.3) is 5.91 Å². The molecule has 1 aliphatic heterocycles. The average Bonchev–Trinajstić information content (AvgIpc) is 2.96. The zero-order valence-electron chi connectivity index (χ0n) is 15.2. The van der Waals surface area contributed by atoms with Crippen LogP contribution in [0.25, 0.3) is 0 Å². The maximum atomic E-state index is 12.6. The number of carbonyl (C=O) groups is 2. The lowest BCUT2D eigenvalue weighted by Gasteiger charge is -2.16. The third kappa shape index (κ3) is 3.94.